The number of halogens is 1. The fraction of sp³-hybridized carbons (Fsp3) is 0.491. The molecule has 0 saturated heterocycles. The number of amides is 4. The van der Waals surface area contributed by atoms with E-state index in [9.17, 15) is 46.7 Å². The summed E-state index contributed by atoms with van der Waals surface area (Å²) < 4.78 is 52.3. The maximum Gasteiger partial charge on any atom is 0.343 e. The highest BCUT2D eigenvalue weighted by molar-refractivity contribution is 7.90. The molecule has 5 N–H and O–H groups in total. The van der Waals surface area contributed by atoms with Crippen LogP contribution in [0.15, 0.2) is 52.8 Å². The number of hydrogen-bond donors (Lipinski definition) is 5. The Morgan fingerprint density at radius 1 is 0.987 bits per heavy atom. The maximum absolute atomic E-state index is 14.9. The van der Waals surface area contributed by atoms with Crippen molar-refractivity contribution in [3.63, 3.8) is 0 Å². The SMILES string of the molecule is CC[C@@]1(O)C(=O)OCc2c1cc1n(c2=O)Cc2c-1nc1cc(F)c(C)cc1c2/C=C/COCNC(=O)CNC(=O)C(CCCCN(C)C)NC(=O)C(NC(=O)CCCCCn1cc(-c2cnc(S(C)(=O)=O)nc2)nn1)C(C)C. The van der Waals surface area contributed by atoms with Crippen LogP contribution in [0.3, 0.4) is 0 Å². The molecule has 4 amide bonds. The molecule has 2 aliphatic rings. The van der Waals surface area contributed by atoms with E-state index < -0.39 is 69.1 Å². The van der Waals surface area contributed by atoms with Gasteiger partial charge in [-0.2, -0.15) is 0 Å². The molecule has 0 aliphatic carbocycles. The Morgan fingerprint density at radius 2 is 1.74 bits per heavy atom. The van der Waals surface area contributed by atoms with Gasteiger partial charge < -0.3 is 45.3 Å². The van der Waals surface area contributed by atoms with Crippen LogP contribution in [-0.4, -0.2) is 141 Å². The van der Waals surface area contributed by atoms with E-state index in [1.165, 1.54) is 23.0 Å². The maximum atomic E-state index is 14.9. The van der Waals surface area contributed by atoms with E-state index in [0.29, 0.717) is 82.5 Å². The standard InChI is InChI=1S/C53H67FN12O11S/c1-8-53(73)38-22-43-47-36(27-66(43)50(71)37(38)29-77-51(53)72)34(35-21-32(4)39(54)23-41(35)59-47)15-14-20-76-30-58-45(68)26-55-48(69)40(16-11-13-18-64(5)6)60-49(70)46(31(2)3)61-44(67)17-10-9-12-19-65-28-42(62-63-65)33-24-56-52(57-25-33)78(7,74)75/h14-15,21-25,28,31,40,46,73H,8-13,16-20,26-27,29-30H2,1-7H3,(H,55,69)(H,58,68)(H,60,70)(H,61,67)/b15-14+/t40?,46?,53-/m0/s1. The van der Waals surface area contributed by atoms with Gasteiger partial charge in [0.25, 0.3) is 5.56 Å². The van der Waals surface area contributed by atoms with Gasteiger partial charge in [-0.1, -0.05) is 44.6 Å². The van der Waals surface area contributed by atoms with Crippen molar-refractivity contribution in [3.05, 3.63) is 86.9 Å². The van der Waals surface area contributed by atoms with Gasteiger partial charge in [-0.15, -0.1) is 5.10 Å². The summed E-state index contributed by atoms with van der Waals surface area (Å²) in [4.78, 5) is 94.4. The van der Waals surface area contributed by atoms with Crippen LogP contribution in [0.1, 0.15) is 100.0 Å². The number of aromatic nitrogens is 7. The van der Waals surface area contributed by atoms with Crippen molar-refractivity contribution in [1.29, 1.82) is 0 Å². The molecule has 25 heteroatoms. The Morgan fingerprint density at radius 3 is 2.45 bits per heavy atom. The van der Waals surface area contributed by atoms with Crippen molar-refractivity contribution in [2.45, 2.75) is 122 Å². The van der Waals surface area contributed by atoms with Crippen molar-refractivity contribution < 1.29 is 51.4 Å². The molecule has 3 atom stereocenters. The number of fused-ring (bicyclic) bond motifs is 5. The Bertz CT molecular complexity index is 3270. The second kappa shape index (κ2) is 25.4. The number of nitrogens with one attached hydrogen (secondary N) is 4. The molecule has 0 bridgehead atoms. The monoisotopic (exact) mass is 1100 g/mol. The zero-order valence-electron chi connectivity index (χ0n) is 44.9. The predicted octanol–water partition coefficient (Wildman–Crippen LogP) is 2.82. The Labute approximate surface area is 450 Å². The first-order chi connectivity index (χ1) is 37.1. The summed E-state index contributed by atoms with van der Waals surface area (Å²) >= 11 is 0. The van der Waals surface area contributed by atoms with E-state index >= 15 is 0 Å². The zero-order valence-corrected chi connectivity index (χ0v) is 45.7. The van der Waals surface area contributed by atoms with Gasteiger partial charge in [0.1, 0.15) is 36.9 Å². The summed E-state index contributed by atoms with van der Waals surface area (Å²) in [5.74, 6) is -3.61. The minimum Gasteiger partial charge on any atom is -0.458 e. The average molecular weight is 1100 g/mol. The molecule has 2 unspecified atom stereocenters. The number of pyridine rings is 2. The van der Waals surface area contributed by atoms with Crippen molar-refractivity contribution in [1.82, 2.24) is 60.7 Å². The topological polar surface area (TPSA) is 301 Å². The van der Waals surface area contributed by atoms with Crippen LogP contribution in [0.2, 0.25) is 0 Å². The van der Waals surface area contributed by atoms with Gasteiger partial charge in [-0.05, 0) is 95.3 Å². The number of rotatable bonds is 26. The molecule has 7 rings (SSSR count). The third-order valence-electron chi connectivity index (χ3n) is 13.6. The number of cyclic esters (lactones) is 1. The van der Waals surface area contributed by atoms with E-state index in [-0.39, 0.29) is 73.9 Å². The fourth-order valence-electron chi connectivity index (χ4n) is 9.21. The lowest BCUT2D eigenvalue weighted by Gasteiger charge is -2.31. The first-order valence-corrected chi connectivity index (χ1v) is 27.7. The molecule has 0 fully saturated rings. The van der Waals surface area contributed by atoms with E-state index in [1.54, 1.807) is 62.9 Å². The summed E-state index contributed by atoms with van der Waals surface area (Å²) in [5, 5.41) is 30.7. The molecule has 1 aromatic carbocycles. The first-order valence-electron chi connectivity index (χ1n) is 25.8. The number of sulfone groups is 1. The van der Waals surface area contributed by atoms with Gasteiger partial charge in [0.15, 0.2) is 5.60 Å². The largest absolute Gasteiger partial charge is 0.458 e. The minimum absolute atomic E-state index is 0.0156. The summed E-state index contributed by atoms with van der Waals surface area (Å²) in [6.45, 7) is 7.30. The van der Waals surface area contributed by atoms with Crippen LogP contribution in [0.4, 0.5) is 4.39 Å². The first kappa shape index (κ1) is 58.3. The summed E-state index contributed by atoms with van der Waals surface area (Å²) in [6, 6.07) is 2.64. The van der Waals surface area contributed by atoms with Crippen molar-refractivity contribution >= 4 is 56.4 Å². The molecule has 0 radical (unpaired) electrons. The number of esters is 1. The Balaban J connectivity index is 0.890. The quantitative estimate of drug-likeness (QED) is 0.0226. The van der Waals surface area contributed by atoms with Gasteiger partial charge >= 0.3 is 5.97 Å². The van der Waals surface area contributed by atoms with Gasteiger partial charge in [0, 0.05) is 59.8 Å². The Kier molecular flexibility index (Phi) is 19.0. The second-order valence-corrected chi connectivity index (χ2v) is 22.1. The lowest BCUT2D eigenvalue weighted by molar-refractivity contribution is -0.172. The molecular formula is C53H67FN12O11S. The third-order valence-corrected chi connectivity index (χ3v) is 14.5. The Hall–Kier alpha value is -7.35. The minimum atomic E-state index is -3.54. The van der Waals surface area contributed by atoms with Crippen LogP contribution < -0.4 is 26.8 Å². The van der Waals surface area contributed by atoms with Crippen LogP contribution >= 0.6 is 0 Å². The van der Waals surface area contributed by atoms with Crippen molar-refractivity contribution in [2.24, 2.45) is 5.92 Å². The molecular weight excluding hydrogens is 1030 g/mol. The van der Waals surface area contributed by atoms with Gasteiger partial charge in [0.2, 0.25) is 38.6 Å². The van der Waals surface area contributed by atoms with Gasteiger partial charge in [-0.3, -0.25) is 28.7 Å². The van der Waals surface area contributed by atoms with Gasteiger partial charge in [0.05, 0.1) is 48.4 Å². The van der Waals surface area contributed by atoms with E-state index in [2.05, 4.69) is 41.5 Å². The molecule has 418 valence electrons. The molecule has 5 aromatic rings. The molecule has 78 heavy (non-hydrogen) atoms. The number of aliphatic hydroxyl groups is 1. The summed E-state index contributed by atoms with van der Waals surface area (Å²) in [5.41, 5.74) is 1.66. The third kappa shape index (κ3) is 13.8. The van der Waals surface area contributed by atoms with Crippen LogP contribution in [0, 0.1) is 18.7 Å². The molecule has 6 heterocycles. The highest BCUT2D eigenvalue weighted by atomic mass is 32.2. The van der Waals surface area contributed by atoms with E-state index in [4.69, 9.17) is 14.5 Å². The number of benzene rings is 1. The highest BCUT2D eigenvalue weighted by Crippen LogP contribution is 2.41. The normalized spacial score (nSPS) is 15.7. The number of nitrogens with zero attached hydrogens (tertiary/aromatic N) is 8. The van der Waals surface area contributed by atoms with E-state index in [1.807, 2.05) is 19.0 Å². The fourth-order valence-corrected chi connectivity index (χ4v) is 9.70. The lowest BCUT2D eigenvalue weighted by Crippen LogP contribution is -2.56. The second-order valence-electron chi connectivity index (χ2n) is 20.2. The van der Waals surface area contributed by atoms with Crippen LogP contribution in [-0.2, 0) is 68.6 Å². The smallest absolute Gasteiger partial charge is 0.343 e. The number of carbonyl (C=O) groups excluding carboxylic acids is 5. The lowest BCUT2D eigenvalue weighted by atomic mass is 9.86. The summed E-state index contributed by atoms with van der Waals surface area (Å²) in [6.07, 6.45) is 12.6. The van der Waals surface area contributed by atoms with Crippen molar-refractivity contribution in [2.75, 3.05) is 46.8 Å². The number of ether oxygens (including phenoxy) is 2. The van der Waals surface area contributed by atoms with Gasteiger partial charge in [-0.25, -0.2) is 32.6 Å². The number of aryl methyl sites for hydroxylation is 2. The van der Waals surface area contributed by atoms with Crippen LogP contribution in [0.25, 0.3) is 39.6 Å². The van der Waals surface area contributed by atoms with Crippen molar-refractivity contribution in [3.8, 4) is 22.6 Å². The molecule has 23 nitrogen and oxygen atoms in total. The molecule has 2 aliphatic heterocycles. The summed E-state index contributed by atoms with van der Waals surface area (Å²) in [7, 11) is 0.324. The average Bonchev–Trinajstić information content (AvgIpc) is 4.03. The molecule has 0 saturated carbocycles. The number of unbranched alkanes of at least 4 members (excludes halogenated alkanes) is 3. The molecule has 4 aromatic heterocycles. The van der Waals surface area contributed by atoms with E-state index in [0.717, 1.165) is 19.2 Å². The predicted molar refractivity (Wildman–Crippen MR) is 284 cm³/mol. The molecule has 0 spiro atoms. The highest BCUT2D eigenvalue weighted by Gasteiger charge is 2.45. The number of carbonyl (C=O) groups is 5. The zero-order chi connectivity index (χ0) is 56.5. The number of hydrogen-bond acceptors (Lipinski definition) is 17. The van der Waals surface area contributed by atoms with Crippen LogP contribution in [0.5, 0.6) is 0 Å².